The third-order valence-electron chi connectivity index (χ3n) is 2.48. The smallest absolute Gasteiger partial charge is 0.134 e. The summed E-state index contributed by atoms with van der Waals surface area (Å²) in [7, 11) is 0. The van der Waals surface area contributed by atoms with E-state index in [1.165, 1.54) is 0 Å². The molecule has 18 heavy (non-hydrogen) atoms. The Morgan fingerprint density at radius 3 is 2.06 bits per heavy atom. The first kappa shape index (κ1) is 13.2. The summed E-state index contributed by atoms with van der Waals surface area (Å²) < 4.78 is 39.9. The van der Waals surface area contributed by atoms with Gasteiger partial charge >= 0.3 is 0 Å². The molecule has 0 radical (unpaired) electrons. The SMILES string of the molecule is Fc1cc(F)c(C(Cl)c2ccccc2Cl)c(F)c1. The average Bonchev–Trinajstić information content (AvgIpc) is 2.27. The Bertz CT molecular complexity index is 561. The molecule has 0 saturated carbocycles. The first-order valence-corrected chi connectivity index (χ1v) is 5.85. The predicted octanol–water partition coefficient (Wildman–Crippen LogP) is 5.09. The van der Waals surface area contributed by atoms with E-state index >= 15 is 0 Å². The molecule has 5 heteroatoms. The molecular formula is C13H7Cl2F3. The van der Waals surface area contributed by atoms with Gasteiger partial charge in [-0.3, -0.25) is 0 Å². The molecular weight excluding hydrogens is 284 g/mol. The van der Waals surface area contributed by atoms with Crippen LogP contribution in [0, 0.1) is 17.5 Å². The van der Waals surface area contributed by atoms with E-state index in [-0.39, 0.29) is 0 Å². The van der Waals surface area contributed by atoms with Gasteiger partial charge in [0, 0.05) is 22.7 Å². The number of hydrogen-bond donors (Lipinski definition) is 0. The first-order valence-electron chi connectivity index (χ1n) is 5.03. The third kappa shape index (κ3) is 2.47. The Morgan fingerprint density at radius 2 is 1.50 bits per heavy atom. The summed E-state index contributed by atoms with van der Waals surface area (Å²) in [5.41, 5.74) is -0.0450. The van der Waals surface area contributed by atoms with Crippen molar-refractivity contribution in [3.05, 3.63) is 70.0 Å². The highest BCUT2D eigenvalue weighted by Crippen LogP contribution is 2.36. The Hall–Kier alpha value is -1.19. The molecule has 0 spiro atoms. The van der Waals surface area contributed by atoms with Gasteiger partial charge in [-0.1, -0.05) is 29.8 Å². The summed E-state index contributed by atoms with van der Waals surface area (Å²) >= 11 is 11.9. The molecule has 0 aliphatic rings. The maximum absolute atomic E-state index is 13.6. The number of rotatable bonds is 2. The summed E-state index contributed by atoms with van der Waals surface area (Å²) in [6.45, 7) is 0. The van der Waals surface area contributed by atoms with Gasteiger partial charge in [0.1, 0.15) is 17.5 Å². The summed E-state index contributed by atoms with van der Waals surface area (Å²) in [5.74, 6) is -3.06. The van der Waals surface area contributed by atoms with Gasteiger partial charge in [0.05, 0.1) is 5.38 Å². The minimum absolute atomic E-state index is 0.292. The van der Waals surface area contributed by atoms with E-state index in [0.717, 1.165) is 0 Å². The van der Waals surface area contributed by atoms with Crippen molar-refractivity contribution in [2.24, 2.45) is 0 Å². The Balaban J connectivity index is 2.53. The van der Waals surface area contributed by atoms with Crippen molar-refractivity contribution >= 4 is 23.2 Å². The maximum Gasteiger partial charge on any atom is 0.134 e. The van der Waals surface area contributed by atoms with Crippen molar-refractivity contribution in [3.63, 3.8) is 0 Å². The second-order valence-corrected chi connectivity index (χ2v) is 4.51. The number of hydrogen-bond acceptors (Lipinski definition) is 0. The van der Waals surface area contributed by atoms with Crippen LogP contribution in [0.2, 0.25) is 5.02 Å². The van der Waals surface area contributed by atoms with Crippen molar-refractivity contribution in [3.8, 4) is 0 Å². The molecule has 0 aliphatic carbocycles. The van der Waals surface area contributed by atoms with Crippen molar-refractivity contribution < 1.29 is 13.2 Å². The van der Waals surface area contributed by atoms with Gasteiger partial charge < -0.3 is 0 Å². The average molecular weight is 291 g/mol. The number of halogens is 5. The summed E-state index contributed by atoms with van der Waals surface area (Å²) in [6.07, 6.45) is 0. The molecule has 0 saturated heterocycles. The Kier molecular flexibility index (Phi) is 3.83. The fraction of sp³-hybridized carbons (Fsp3) is 0.0769. The number of benzene rings is 2. The topological polar surface area (TPSA) is 0 Å². The van der Waals surface area contributed by atoms with Crippen LogP contribution < -0.4 is 0 Å². The Morgan fingerprint density at radius 1 is 0.944 bits per heavy atom. The van der Waals surface area contributed by atoms with Gasteiger partial charge in [-0.15, -0.1) is 11.6 Å². The third-order valence-corrected chi connectivity index (χ3v) is 3.27. The lowest BCUT2D eigenvalue weighted by Crippen LogP contribution is -2.02. The molecule has 0 aliphatic heterocycles. The van der Waals surface area contributed by atoms with E-state index < -0.39 is 28.4 Å². The molecule has 2 aromatic carbocycles. The molecule has 94 valence electrons. The zero-order valence-electron chi connectivity index (χ0n) is 8.93. The summed E-state index contributed by atoms with van der Waals surface area (Å²) in [5, 5.41) is -0.820. The van der Waals surface area contributed by atoms with E-state index in [9.17, 15) is 13.2 Å². The van der Waals surface area contributed by atoms with Crippen LogP contribution in [0.1, 0.15) is 16.5 Å². The fourth-order valence-corrected chi connectivity index (χ4v) is 2.33. The normalized spacial score (nSPS) is 12.5. The van der Waals surface area contributed by atoms with Gasteiger partial charge in [0.2, 0.25) is 0 Å². The van der Waals surface area contributed by atoms with Crippen LogP contribution in [-0.4, -0.2) is 0 Å². The predicted molar refractivity (Wildman–Crippen MR) is 65.5 cm³/mol. The highest BCUT2D eigenvalue weighted by atomic mass is 35.5. The van der Waals surface area contributed by atoms with E-state index in [4.69, 9.17) is 23.2 Å². The van der Waals surface area contributed by atoms with Crippen LogP contribution in [-0.2, 0) is 0 Å². The van der Waals surface area contributed by atoms with Crippen LogP contribution in [0.3, 0.4) is 0 Å². The van der Waals surface area contributed by atoms with Gasteiger partial charge in [0.25, 0.3) is 0 Å². The van der Waals surface area contributed by atoms with E-state index in [2.05, 4.69) is 0 Å². The largest absolute Gasteiger partial charge is 0.207 e. The summed E-state index contributed by atoms with van der Waals surface area (Å²) in [6, 6.07) is 7.62. The quantitative estimate of drug-likeness (QED) is 0.676. The zero-order valence-corrected chi connectivity index (χ0v) is 10.4. The van der Waals surface area contributed by atoms with E-state index in [0.29, 0.717) is 22.7 Å². The lowest BCUT2D eigenvalue weighted by Gasteiger charge is -2.13. The highest BCUT2D eigenvalue weighted by Gasteiger charge is 2.22. The highest BCUT2D eigenvalue weighted by molar-refractivity contribution is 6.33. The standard InChI is InChI=1S/C13H7Cl2F3/c14-9-4-2-1-3-8(9)13(15)12-10(17)5-7(16)6-11(12)18/h1-6,13H. The minimum atomic E-state index is -1.11. The van der Waals surface area contributed by atoms with Crippen molar-refractivity contribution in [2.75, 3.05) is 0 Å². The van der Waals surface area contributed by atoms with Crippen molar-refractivity contribution in [1.82, 2.24) is 0 Å². The molecule has 2 rings (SSSR count). The molecule has 0 heterocycles. The lowest BCUT2D eigenvalue weighted by molar-refractivity contribution is 0.526. The molecule has 1 atom stereocenters. The van der Waals surface area contributed by atoms with Crippen LogP contribution >= 0.6 is 23.2 Å². The molecule has 0 N–H and O–H groups in total. The fourth-order valence-electron chi connectivity index (χ4n) is 1.63. The van der Waals surface area contributed by atoms with Gasteiger partial charge in [-0.05, 0) is 11.6 Å². The molecule has 0 aromatic heterocycles. The van der Waals surface area contributed by atoms with Gasteiger partial charge in [-0.2, -0.15) is 0 Å². The molecule has 0 nitrogen and oxygen atoms in total. The van der Waals surface area contributed by atoms with E-state index in [1.807, 2.05) is 0 Å². The summed E-state index contributed by atoms with van der Waals surface area (Å²) in [4.78, 5) is 0. The van der Waals surface area contributed by atoms with Crippen LogP contribution in [0.4, 0.5) is 13.2 Å². The number of alkyl halides is 1. The van der Waals surface area contributed by atoms with Gasteiger partial charge in [0.15, 0.2) is 0 Å². The van der Waals surface area contributed by atoms with Crippen LogP contribution in [0.5, 0.6) is 0 Å². The second-order valence-electron chi connectivity index (χ2n) is 3.67. The van der Waals surface area contributed by atoms with E-state index in [1.54, 1.807) is 24.3 Å². The minimum Gasteiger partial charge on any atom is -0.207 e. The molecule has 1 unspecified atom stereocenters. The molecule has 0 bridgehead atoms. The second kappa shape index (κ2) is 5.21. The zero-order chi connectivity index (χ0) is 13.3. The van der Waals surface area contributed by atoms with Crippen LogP contribution in [0.25, 0.3) is 0 Å². The molecule has 2 aromatic rings. The monoisotopic (exact) mass is 290 g/mol. The van der Waals surface area contributed by atoms with Crippen molar-refractivity contribution in [2.45, 2.75) is 5.38 Å². The maximum atomic E-state index is 13.6. The first-order chi connectivity index (χ1) is 8.50. The van der Waals surface area contributed by atoms with Crippen LogP contribution in [0.15, 0.2) is 36.4 Å². The molecule has 0 amide bonds. The molecule has 0 fully saturated rings. The lowest BCUT2D eigenvalue weighted by atomic mass is 10.0. The van der Waals surface area contributed by atoms with Gasteiger partial charge in [-0.25, -0.2) is 13.2 Å². The Labute approximate surface area is 112 Å². The van der Waals surface area contributed by atoms with Crippen molar-refractivity contribution in [1.29, 1.82) is 0 Å².